The molecule has 0 saturated heterocycles. The number of alkyl halides is 6. The van der Waals surface area contributed by atoms with Crippen LogP contribution in [0.25, 0.3) is 10.9 Å². The number of benzene rings is 3. The van der Waals surface area contributed by atoms with Crippen LogP contribution in [0.4, 0.5) is 26.3 Å². The summed E-state index contributed by atoms with van der Waals surface area (Å²) < 4.78 is 86.6. The SMILES string of the molecule is O=C(O)CON=Cc1cn(Cc2ccccc2)c2ccc(OCc3cc(C(F)(F)F)cc(C(F)(F)F)c3)cc12. The number of aromatic nitrogens is 1. The first-order valence-electron chi connectivity index (χ1n) is 11.4. The largest absolute Gasteiger partial charge is 0.489 e. The Hall–Kier alpha value is -4.48. The van der Waals surface area contributed by atoms with Crippen LogP contribution in [0.5, 0.6) is 5.75 Å². The number of hydrogen-bond donors (Lipinski definition) is 1. The lowest BCUT2D eigenvalue weighted by atomic mass is 10.1. The highest BCUT2D eigenvalue weighted by Crippen LogP contribution is 2.36. The minimum atomic E-state index is -4.96. The van der Waals surface area contributed by atoms with Gasteiger partial charge in [0.05, 0.1) is 17.3 Å². The van der Waals surface area contributed by atoms with Gasteiger partial charge in [0, 0.05) is 29.2 Å². The van der Waals surface area contributed by atoms with E-state index in [-0.39, 0.29) is 17.4 Å². The zero-order valence-electron chi connectivity index (χ0n) is 20.0. The Bertz CT molecular complexity index is 1460. The summed E-state index contributed by atoms with van der Waals surface area (Å²) in [5, 5.41) is 13.0. The van der Waals surface area contributed by atoms with Crippen molar-refractivity contribution < 1.29 is 45.8 Å². The van der Waals surface area contributed by atoms with E-state index in [4.69, 9.17) is 14.7 Å². The molecule has 0 radical (unpaired) electrons. The molecule has 3 aromatic carbocycles. The molecule has 0 saturated carbocycles. The highest BCUT2D eigenvalue weighted by atomic mass is 19.4. The number of oxime groups is 1. The molecule has 1 aromatic heterocycles. The summed E-state index contributed by atoms with van der Waals surface area (Å²) in [6.07, 6.45) is -6.88. The summed E-state index contributed by atoms with van der Waals surface area (Å²) >= 11 is 0. The third-order valence-corrected chi connectivity index (χ3v) is 5.59. The standard InChI is InChI=1S/C27H20F6N2O4/c28-26(29,30)20-8-18(9-21(10-20)27(31,32)33)15-38-22-6-7-24-23(11-22)19(12-34-39-16-25(36)37)14-35(24)13-17-4-2-1-3-5-17/h1-12,14H,13,15-16H2,(H,36,37). The smallest absolute Gasteiger partial charge is 0.416 e. The van der Waals surface area contributed by atoms with Gasteiger partial charge in [-0.3, -0.25) is 0 Å². The highest BCUT2D eigenvalue weighted by Gasteiger charge is 2.36. The van der Waals surface area contributed by atoms with Gasteiger partial charge in [-0.2, -0.15) is 26.3 Å². The molecule has 4 rings (SSSR count). The van der Waals surface area contributed by atoms with Crippen LogP contribution in [-0.4, -0.2) is 28.5 Å². The number of aliphatic carboxylic acids is 1. The molecule has 0 aliphatic heterocycles. The minimum absolute atomic E-state index is 0.0586. The van der Waals surface area contributed by atoms with Crippen LogP contribution in [0.1, 0.15) is 27.8 Å². The van der Waals surface area contributed by atoms with Crippen LogP contribution >= 0.6 is 0 Å². The van der Waals surface area contributed by atoms with E-state index >= 15 is 0 Å². The van der Waals surface area contributed by atoms with Crippen LogP contribution in [0, 0.1) is 0 Å². The van der Waals surface area contributed by atoms with Crippen molar-refractivity contribution in [1.82, 2.24) is 4.57 Å². The second-order valence-corrected chi connectivity index (χ2v) is 8.48. The van der Waals surface area contributed by atoms with Crippen molar-refractivity contribution in [3.63, 3.8) is 0 Å². The fourth-order valence-corrected chi connectivity index (χ4v) is 3.86. The third-order valence-electron chi connectivity index (χ3n) is 5.59. The van der Waals surface area contributed by atoms with Gasteiger partial charge in [0.2, 0.25) is 6.61 Å². The van der Waals surface area contributed by atoms with Crippen molar-refractivity contribution in [3.8, 4) is 5.75 Å². The van der Waals surface area contributed by atoms with Gasteiger partial charge in [0.15, 0.2) is 0 Å². The number of ether oxygens (including phenoxy) is 1. The quantitative estimate of drug-likeness (QED) is 0.142. The van der Waals surface area contributed by atoms with E-state index in [0.717, 1.165) is 11.1 Å². The molecule has 0 atom stereocenters. The fraction of sp³-hybridized carbons (Fsp3) is 0.185. The number of carbonyl (C=O) groups is 1. The summed E-state index contributed by atoms with van der Waals surface area (Å²) in [6, 6.07) is 15.6. The fourth-order valence-electron chi connectivity index (χ4n) is 3.86. The van der Waals surface area contributed by atoms with Crippen LogP contribution < -0.4 is 4.74 Å². The number of halogens is 6. The van der Waals surface area contributed by atoms with E-state index in [2.05, 4.69) is 5.16 Å². The first-order valence-corrected chi connectivity index (χ1v) is 11.4. The maximum absolute atomic E-state index is 13.2. The summed E-state index contributed by atoms with van der Waals surface area (Å²) in [6.45, 7) is -0.718. The number of carboxylic acid groups (broad SMARTS) is 1. The lowest BCUT2D eigenvalue weighted by molar-refractivity contribution is -0.144. The number of nitrogens with zero attached hydrogens (tertiary/aromatic N) is 2. The molecule has 0 amide bonds. The summed E-state index contributed by atoms with van der Waals surface area (Å²) in [4.78, 5) is 15.4. The Labute approximate surface area is 217 Å². The average Bonchev–Trinajstić information content (AvgIpc) is 3.21. The molecule has 0 bridgehead atoms. The Morgan fingerprint density at radius 3 is 2.18 bits per heavy atom. The number of rotatable bonds is 9. The maximum atomic E-state index is 13.2. The third kappa shape index (κ3) is 7.09. The van der Waals surface area contributed by atoms with Crippen molar-refractivity contribution in [1.29, 1.82) is 0 Å². The second kappa shape index (κ2) is 11.1. The van der Waals surface area contributed by atoms with Gasteiger partial charge < -0.3 is 19.2 Å². The van der Waals surface area contributed by atoms with Gasteiger partial charge in [-0.05, 0) is 47.5 Å². The van der Waals surface area contributed by atoms with Gasteiger partial charge in [-0.1, -0.05) is 35.5 Å². The van der Waals surface area contributed by atoms with E-state index in [9.17, 15) is 31.1 Å². The number of hydrogen-bond acceptors (Lipinski definition) is 4. The maximum Gasteiger partial charge on any atom is 0.416 e. The molecular formula is C27H20F6N2O4. The molecule has 0 aliphatic rings. The van der Waals surface area contributed by atoms with E-state index in [1.165, 1.54) is 6.21 Å². The monoisotopic (exact) mass is 550 g/mol. The predicted octanol–water partition coefficient (Wildman–Crippen LogP) is 6.74. The Kier molecular flexibility index (Phi) is 7.84. The van der Waals surface area contributed by atoms with E-state index < -0.39 is 42.7 Å². The summed E-state index contributed by atoms with van der Waals surface area (Å²) in [5.74, 6) is -1.02. The van der Waals surface area contributed by atoms with Crippen LogP contribution in [0.3, 0.4) is 0 Å². The molecule has 12 heteroatoms. The summed E-state index contributed by atoms with van der Waals surface area (Å²) in [7, 11) is 0. The first kappa shape index (κ1) is 27.6. The van der Waals surface area contributed by atoms with Crippen molar-refractivity contribution in [3.05, 3.63) is 101 Å². The highest BCUT2D eigenvalue weighted by molar-refractivity contribution is 6.00. The number of carboxylic acids is 1. The second-order valence-electron chi connectivity index (χ2n) is 8.48. The van der Waals surface area contributed by atoms with Gasteiger partial charge in [-0.15, -0.1) is 0 Å². The number of fused-ring (bicyclic) bond motifs is 1. The van der Waals surface area contributed by atoms with E-state index in [1.807, 2.05) is 34.9 Å². The molecule has 1 heterocycles. The average molecular weight is 550 g/mol. The van der Waals surface area contributed by atoms with Crippen LogP contribution in [0.15, 0.2) is 78.1 Å². The molecule has 0 fully saturated rings. The van der Waals surface area contributed by atoms with Crippen molar-refractivity contribution in [2.24, 2.45) is 5.16 Å². The van der Waals surface area contributed by atoms with Gasteiger partial charge in [-0.25, -0.2) is 4.79 Å². The molecule has 39 heavy (non-hydrogen) atoms. The molecule has 0 unspecified atom stereocenters. The van der Waals surface area contributed by atoms with Gasteiger partial charge in [0.25, 0.3) is 0 Å². The lowest BCUT2D eigenvalue weighted by Gasteiger charge is -2.15. The zero-order chi connectivity index (χ0) is 28.2. The Morgan fingerprint density at radius 2 is 1.56 bits per heavy atom. The van der Waals surface area contributed by atoms with Gasteiger partial charge in [0.1, 0.15) is 12.4 Å². The van der Waals surface area contributed by atoms with E-state index in [1.54, 1.807) is 24.4 Å². The predicted molar refractivity (Wildman–Crippen MR) is 129 cm³/mol. The molecule has 0 aliphatic carbocycles. The zero-order valence-corrected chi connectivity index (χ0v) is 20.0. The van der Waals surface area contributed by atoms with Crippen molar-refractivity contribution >= 4 is 23.1 Å². The van der Waals surface area contributed by atoms with Crippen LogP contribution in [0.2, 0.25) is 0 Å². The van der Waals surface area contributed by atoms with Crippen LogP contribution in [-0.2, 0) is 35.1 Å². The Balaban J connectivity index is 1.64. The molecule has 1 N–H and O–H groups in total. The minimum Gasteiger partial charge on any atom is -0.489 e. The molecule has 204 valence electrons. The molecule has 6 nitrogen and oxygen atoms in total. The Morgan fingerprint density at radius 1 is 0.897 bits per heavy atom. The topological polar surface area (TPSA) is 73.0 Å². The molecular weight excluding hydrogens is 530 g/mol. The van der Waals surface area contributed by atoms with Crippen molar-refractivity contribution in [2.75, 3.05) is 6.61 Å². The molecule has 4 aromatic rings. The normalized spacial score (nSPS) is 12.3. The lowest BCUT2D eigenvalue weighted by Crippen LogP contribution is -2.12. The van der Waals surface area contributed by atoms with Crippen molar-refractivity contribution in [2.45, 2.75) is 25.5 Å². The molecule has 0 spiro atoms. The van der Waals surface area contributed by atoms with E-state index in [0.29, 0.717) is 29.6 Å². The summed E-state index contributed by atoms with van der Waals surface area (Å²) in [5.41, 5.74) is -0.916. The first-order chi connectivity index (χ1) is 18.4. The van der Waals surface area contributed by atoms with Gasteiger partial charge >= 0.3 is 18.3 Å².